The summed E-state index contributed by atoms with van der Waals surface area (Å²) < 4.78 is 6.00. The molecule has 0 saturated heterocycles. The predicted molar refractivity (Wildman–Crippen MR) is 160 cm³/mol. The van der Waals surface area contributed by atoms with Crippen molar-refractivity contribution < 1.29 is 4.42 Å². The van der Waals surface area contributed by atoms with E-state index in [-0.39, 0.29) is 0 Å². The second kappa shape index (κ2) is 9.42. The second-order valence-electron chi connectivity index (χ2n) is 9.50. The Labute approximate surface area is 221 Å². The lowest BCUT2D eigenvalue weighted by Crippen LogP contribution is -1.93. The zero-order chi connectivity index (χ0) is 25.3. The third-order valence-corrected chi connectivity index (χ3v) is 7.10. The normalized spacial score (nSPS) is 11.2. The molecule has 0 radical (unpaired) electrons. The van der Waals surface area contributed by atoms with Crippen LogP contribution < -0.4 is 5.32 Å². The number of hydrogen-bond acceptors (Lipinski definition) is 2. The number of hydrogen-bond donors (Lipinski definition) is 1. The summed E-state index contributed by atoms with van der Waals surface area (Å²) in [4.78, 5) is 0. The van der Waals surface area contributed by atoms with Crippen LogP contribution >= 0.6 is 0 Å². The summed E-state index contributed by atoms with van der Waals surface area (Å²) in [6.45, 7) is 0. The molecule has 0 unspecified atom stereocenters. The van der Waals surface area contributed by atoms with E-state index >= 15 is 0 Å². The van der Waals surface area contributed by atoms with Crippen LogP contribution in [0.1, 0.15) is 0 Å². The van der Waals surface area contributed by atoms with Gasteiger partial charge in [-0.05, 0) is 64.2 Å². The SMILES string of the molecule is c1ccc(-c2ccc(-c3ccccc3Nc3ccc(-c4ccc5oc6ccccc6c5c4)cc3)cc2)cc1. The monoisotopic (exact) mass is 487 g/mol. The summed E-state index contributed by atoms with van der Waals surface area (Å²) in [5, 5.41) is 5.93. The Morgan fingerprint density at radius 1 is 0.395 bits per heavy atom. The van der Waals surface area contributed by atoms with Crippen LogP contribution in [0, 0.1) is 0 Å². The molecule has 0 saturated carbocycles. The second-order valence-corrected chi connectivity index (χ2v) is 9.50. The van der Waals surface area contributed by atoms with Crippen LogP contribution in [0.3, 0.4) is 0 Å². The lowest BCUT2D eigenvalue weighted by Gasteiger charge is -2.13. The lowest BCUT2D eigenvalue weighted by molar-refractivity contribution is 0.669. The zero-order valence-corrected chi connectivity index (χ0v) is 20.8. The number of anilines is 2. The maximum Gasteiger partial charge on any atom is 0.135 e. The average Bonchev–Trinajstić information content (AvgIpc) is 3.36. The molecule has 7 aromatic rings. The van der Waals surface area contributed by atoms with Gasteiger partial charge in [0.2, 0.25) is 0 Å². The first-order valence-electron chi connectivity index (χ1n) is 12.9. The molecule has 0 amide bonds. The summed E-state index contributed by atoms with van der Waals surface area (Å²) in [6.07, 6.45) is 0. The predicted octanol–water partition coefficient (Wildman–Crippen LogP) is 10.3. The van der Waals surface area contributed by atoms with E-state index in [1.807, 2.05) is 18.2 Å². The van der Waals surface area contributed by atoms with Gasteiger partial charge < -0.3 is 9.73 Å². The molecule has 0 aliphatic rings. The summed E-state index contributed by atoms with van der Waals surface area (Å²) in [7, 11) is 0. The van der Waals surface area contributed by atoms with Crippen LogP contribution in [0.5, 0.6) is 0 Å². The molecule has 1 aromatic heterocycles. The highest BCUT2D eigenvalue weighted by molar-refractivity contribution is 6.06. The fourth-order valence-corrected chi connectivity index (χ4v) is 5.12. The molecule has 2 nitrogen and oxygen atoms in total. The molecule has 0 spiro atoms. The van der Waals surface area contributed by atoms with E-state index in [1.165, 1.54) is 33.4 Å². The zero-order valence-electron chi connectivity index (χ0n) is 20.8. The van der Waals surface area contributed by atoms with Crippen molar-refractivity contribution in [1.82, 2.24) is 0 Å². The standard InChI is InChI=1S/C36H25NO/c1-2-8-25(9-3-1)26-14-16-28(17-15-26)31-10-4-6-12-34(31)37-30-21-18-27(19-22-30)29-20-23-36-33(24-29)32-11-5-7-13-35(32)38-36/h1-24,37H. The van der Waals surface area contributed by atoms with Gasteiger partial charge in [0.15, 0.2) is 0 Å². The molecule has 38 heavy (non-hydrogen) atoms. The summed E-state index contributed by atoms with van der Waals surface area (Å²) in [6, 6.07) is 50.9. The third-order valence-electron chi connectivity index (χ3n) is 7.10. The third kappa shape index (κ3) is 4.12. The Morgan fingerprint density at radius 2 is 0.974 bits per heavy atom. The average molecular weight is 488 g/mol. The summed E-state index contributed by atoms with van der Waals surface area (Å²) >= 11 is 0. The van der Waals surface area contributed by atoms with E-state index in [0.29, 0.717) is 0 Å². The van der Waals surface area contributed by atoms with Gasteiger partial charge in [0, 0.05) is 27.7 Å². The van der Waals surface area contributed by atoms with E-state index in [9.17, 15) is 0 Å². The summed E-state index contributed by atoms with van der Waals surface area (Å²) in [5.74, 6) is 0. The van der Waals surface area contributed by atoms with Gasteiger partial charge in [0.05, 0.1) is 0 Å². The van der Waals surface area contributed by atoms with Crippen LogP contribution in [0.2, 0.25) is 0 Å². The fraction of sp³-hybridized carbons (Fsp3) is 0. The Balaban J connectivity index is 1.15. The van der Waals surface area contributed by atoms with E-state index in [4.69, 9.17) is 4.42 Å². The van der Waals surface area contributed by atoms with Gasteiger partial charge in [0.25, 0.3) is 0 Å². The largest absolute Gasteiger partial charge is 0.456 e. The van der Waals surface area contributed by atoms with Gasteiger partial charge >= 0.3 is 0 Å². The minimum Gasteiger partial charge on any atom is -0.456 e. The summed E-state index contributed by atoms with van der Waals surface area (Å²) in [5.41, 5.74) is 11.1. The number of furan rings is 1. The highest BCUT2D eigenvalue weighted by atomic mass is 16.3. The van der Waals surface area contributed by atoms with Crippen molar-refractivity contribution in [2.45, 2.75) is 0 Å². The number of nitrogens with one attached hydrogen (secondary N) is 1. The molecule has 0 fully saturated rings. The Hall–Kier alpha value is -5.08. The first-order valence-corrected chi connectivity index (χ1v) is 12.9. The first-order chi connectivity index (χ1) is 18.8. The van der Waals surface area contributed by atoms with E-state index < -0.39 is 0 Å². The van der Waals surface area contributed by atoms with Gasteiger partial charge in [0.1, 0.15) is 11.2 Å². The van der Waals surface area contributed by atoms with Crippen LogP contribution in [0.25, 0.3) is 55.3 Å². The smallest absolute Gasteiger partial charge is 0.135 e. The van der Waals surface area contributed by atoms with Crippen LogP contribution in [0.4, 0.5) is 11.4 Å². The van der Waals surface area contributed by atoms with Crippen molar-refractivity contribution in [3.63, 3.8) is 0 Å². The van der Waals surface area contributed by atoms with Crippen molar-refractivity contribution in [1.29, 1.82) is 0 Å². The lowest BCUT2D eigenvalue weighted by atomic mass is 9.99. The molecular weight excluding hydrogens is 462 g/mol. The van der Waals surface area contributed by atoms with Crippen molar-refractivity contribution in [2.24, 2.45) is 0 Å². The maximum absolute atomic E-state index is 6.00. The van der Waals surface area contributed by atoms with Gasteiger partial charge in [-0.3, -0.25) is 0 Å². The Bertz CT molecular complexity index is 1860. The maximum atomic E-state index is 6.00. The molecule has 1 heterocycles. The van der Waals surface area contributed by atoms with E-state index in [0.717, 1.165) is 33.3 Å². The Morgan fingerprint density at radius 3 is 1.82 bits per heavy atom. The van der Waals surface area contributed by atoms with E-state index in [2.05, 4.69) is 133 Å². The van der Waals surface area contributed by atoms with Crippen LogP contribution in [0.15, 0.2) is 150 Å². The molecule has 7 rings (SSSR count). The molecule has 1 N–H and O–H groups in total. The molecule has 0 aliphatic carbocycles. The van der Waals surface area contributed by atoms with Crippen molar-refractivity contribution in [3.8, 4) is 33.4 Å². The van der Waals surface area contributed by atoms with Gasteiger partial charge in [-0.15, -0.1) is 0 Å². The topological polar surface area (TPSA) is 25.2 Å². The molecule has 2 heteroatoms. The number of fused-ring (bicyclic) bond motifs is 3. The van der Waals surface area contributed by atoms with E-state index in [1.54, 1.807) is 0 Å². The van der Waals surface area contributed by atoms with Crippen LogP contribution in [-0.2, 0) is 0 Å². The first kappa shape index (κ1) is 22.1. The van der Waals surface area contributed by atoms with Gasteiger partial charge in [-0.1, -0.05) is 109 Å². The fourth-order valence-electron chi connectivity index (χ4n) is 5.12. The van der Waals surface area contributed by atoms with Crippen LogP contribution in [-0.4, -0.2) is 0 Å². The van der Waals surface area contributed by atoms with Gasteiger partial charge in [-0.2, -0.15) is 0 Å². The molecule has 0 bridgehead atoms. The minimum absolute atomic E-state index is 0.918. The molecular formula is C36H25NO. The quantitative estimate of drug-likeness (QED) is 0.261. The molecule has 180 valence electrons. The highest BCUT2D eigenvalue weighted by Gasteiger charge is 2.09. The highest BCUT2D eigenvalue weighted by Crippen LogP contribution is 2.34. The minimum atomic E-state index is 0.918. The van der Waals surface area contributed by atoms with Crippen molar-refractivity contribution >= 4 is 33.3 Å². The molecule has 6 aromatic carbocycles. The number of rotatable bonds is 5. The molecule has 0 aliphatic heterocycles. The Kier molecular flexibility index (Phi) is 5.49. The number of benzene rings is 6. The van der Waals surface area contributed by atoms with Crippen molar-refractivity contribution in [3.05, 3.63) is 146 Å². The number of para-hydroxylation sites is 2. The van der Waals surface area contributed by atoms with Crippen molar-refractivity contribution in [2.75, 3.05) is 5.32 Å². The molecule has 0 atom stereocenters. The van der Waals surface area contributed by atoms with Gasteiger partial charge in [-0.25, -0.2) is 0 Å².